The Balaban J connectivity index is 1.98. The number of nitrogens with one attached hydrogen (secondary N) is 2. The Morgan fingerprint density at radius 3 is 2.75 bits per heavy atom. The lowest BCUT2D eigenvalue weighted by atomic mass is 10.0. The normalized spacial score (nSPS) is 11.5. The van der Waals surface area contributed by atoms with Crippen LogP contribution >= 0.6 is 0 Å². The van der Waals surface area contributed by atoms with Gasteiger partial charge in [0.25, 0.3) is 0 Å². The Morgan fingerprint density at radius 1 is 1.25 bits per heavy atom. The van der Waals surface area contributed by atoms with Gasteiger partial charge in [0.1, 0.15) is 5.75 Å². The highest BCUT2D eigenvalue weighted by atomic mass is 16.5. The summed E-state index contributed by atoms with van der Waals surface area (Å²) in [6.45, 7) is 4.26. The SMILES string of the molecule is COc1ccc(C)cc1[C@H](C)NC(=O)NCc1cccnc1OC. The summed E-state index contributed by atoms with van der Waals surface area (Å²) in [5.74, 6) is 1.26. The molecule has 2 amide bonds. The van der Waals surface area contributed by atoms with Crippen LogP contribution in [0.5, 0.6) is 11.6 Å². The standard InChI is InChI=1S/C18H23N3O3/c1-12-7-8-16(23-3)15(10-12)13(2)21-18(22)20-11-14-6-5-9-19-17(14)24-4/h5-10,13H,11H2,1-4H3,(H2,20,21,22)/t13-/m0/s1. The summed E-state index contributed by atoms with van der Waals surface area (Å²) < 4.78 is 10.5. The van der Waals surface area contributed by atoms with Crippen molar-refractivity contribution in [2.24, 2.45) is 0 Å². The van der Waals surface area contributed by atoms with Gasteiger partial charge >= 0.3 is 6.03 Å². The number of methoxy groups -OCH3 is 2. The van der Waals surface area contributed by atoms with Gasteiger partial charge in [0.05, 0.1) is 20.3 Å². The van der Waals surface area contributed by atoms with E-state index in [1.54, 1.807) is 26.5 Å². The van der Waals surface area contributed by atoms with Crippen LogP contribution in [0.3, 0.4) is 0 Å². The first kappa shape index (κ1) is 17.6. The molecule has 0 aliphatic heterocycles. The number of aryl methyl sites for hydroxylation is 1. The molecule has 0 bridgehead atoms. The lowest BCUT2D eigenvalue weighted by molar-refractivity contribution is 0.237. The van der Waals surface area contributed by atoms with E-state index in [0.29, 0.717) is 12.4 Å². The van der Waals surface area contributed by atoms with Crippen LogP contribution in [0.15, 0.2) is 36.5 Å². The summed E-state index contributed by atoms with van der Waals surface area (Å²) in [6, 6.07) is 9.10. The van der Waals surface area contributed by atoms with Crippen LogP contribution in [0, 0.1) is 6.92 Å². The van der Waals surface area contributed by atoms with Gasteiger partial charge in [0.2, 0.25) is 5.88 Å². The molecule has 1 atom stereocenters. The number of rotatable bonds is 6. The van der Waals surface area contributed by atoms with E-state index in [0.717, 1.165) is 22.4 Å². The van der Waals surface area contributed by atoms with E-state index in [9.17, 15) is 4.79 Å². The first-order valence-corrected chi connectivity index (χ1v) is 7.72. The van der Waals surface area contributed by atoms with Gasteiger partial charge in [-0.25, -0.2) is 9.78 Å². The molecule has 0 fully saturated rings. The fraction of sp³-hybridized carbons (Fsp3) is 0.333. The topological polar surface area (TPSA) is 72.5 Å². The molecule has 0 saturated heterocycles. The lowest BCUT2D eigenvalue weighted by Gasteiger charge is -2.18. The summed E-state index contributed by atoms with van der Waals surface area (Å²) in [4.78, 5) is 16.3. The molecule has 0 aliphatic carbocycles. The second-order valence-corrected chi connectivity index (χ2v) is 5.47. The highest BCUT2D eigenvalue weighted by Gasteiger charge is 2.14. The van der Waals surface area contributed by atoms with Crippen LogP contribution in [0.25, 0.3) is 0 Å². The first-order chi connectivity index (χ1) is 11.5. The molecule has 1 aromatic heterocycles. The molecule has 2 rings (SSSR count). The van der Waals surface area contributed by atoms with Gasteiger partial charge in [0.15, 0.2) is 0 Å². The summed E-state index contributed by atoms with van der Waals surface area (Å²) in [7, 11) is 3.17. The second kappa shape index (κ2) is 8.19. The summed E-state index contributed by atoms with van der Waals surface area (Å²) in [6.07, 6.45) is 1.65. The third-order valence-corrected chi connectivity index (χ3v) is 3.68. The third-order valence-electron chi connectivity index (χ3n) is 3.68. The van der Waals surface area contributed by atoms with Crippen molar-refractivity contribution in [3.05, 3.63) is 53.2 Å². The van der Waals surface area contributed by atoms with Crippen molar-refractivity contribution >= 4 is 6.03 Å². The maximum atomic E-state index is 12.2. The Kier molecular flexibility index (Phi) is 6.01. The molecule has 6 heteroatoms. The molecular formula is C18H23N3O3. The molecule has 6 nitrogen and oxygen atoms in total. The van der Waals surface area contributed by atoms with Gasteiger partial charge in [-0.1, -0.05) is 23.8 Å². The van der Waals surface area contributed by atoms with Gasteiger partial charge in [-0.2, -0.15) is 0 Å². The molecule has 0 spiro atoms. The van der Waals surface area contributed by atoms with Crippen LogP contribution in [0.1, 0.15) is 29.7 Å². The van der Waals surface area contributed by atoms with Crippen molar-refractivity contribution in [3.63, 3.8) is 0 Å². The molecule has 0 aliphatic rings. The van der Waals surface area contributed by atoms with E-state index < -0.39 is 0 Å². The third kappa shape index (κ3) is 4.38. The van der Waals surface area contributed by atoms with Crippen LogP contribution in [-0.2, 0) is 6.54 Å². The zero-order valence-electron chi connectivity index (χ0n) is 14.4. The average Bonchev–Trinajstić information content (AvgIpc) is 2.60. The molecule has 0 saturated carbocycles. The monoisotopic (exact) mass is 329 g/mol. The number of carbonyl (C=O) groups excluding carboxylic acids is 1. The molecule has 1 aromatic carbocycles. The predicted octanol–water partition coefficient (Wildman–Crippen LogP) is 2.97. The van der Waals surface area contributed by atoms with Crippen molar-refractivity contribution < 1.29 is 14.3 Å². The van der Waals surface area contributed by atoms with E-state index in [1.165, 1.54) is 0 Å². The van der Waals surface area contributed by atoms with Crippen molar-refractivity contribution in [3.8, 4) is 11.6 Å². The van der Waals surface area contributed by atoms with E-state index in [4.69, 9.17) is 9.47 Å². The van der Waals surface area contributed by atoms with Crippen LogP contribution in [-0.4, -0.2) is 25.2 Å². The van der Waals surface area contributed by atoms with E-state index >= 15 is 0 Å². The van der Waals surface area contributed by atoms with Gasteiger partial charge < -0.3 is 20.1 Å². The Bertz CT molecular complexity index is 704. The minimum Gasteiger partial charge on any atom is -0.496 e. The molecule has 128 valence electrons. The lowest BCUT2D eigenvalue weighted by Crippen LogP contribution is -2.36. The second-order valence-electron chi connectivity index (χ2n) is 5.47. The molecular weight excluding hydrogens is 306 g/mol. The van der Waals surface area contributed by atoms with Crippen LogP contribution in [0.2, 0.25) is 0 Å². The number of pyridine rings is 1. The molecule has 2 N–H and O–H groups in total. The fourth-order valence-electron chi connectivity index (χ4n) is 2.44. The van der Waals surface area contributed by atoms with Crippen molar-refractivity contribution in [2.75, 3.05) is 14.2 Å². The quantitative estimate of drug-likeness (QED) is 0.854. The van der Waals surface area contributed by atoms with Gasteiger partial charge in [0, 0.05) is 23.9 Å². The number of ether oxygens (including phenoxy) is 2. The van der Waals surface area contributed by atoms with Gasteiger partial charge in [-0.15, -0.1) is 0 Å². The number of aromatic nitrogens is 1. The fourth-order valence-corrected chi connectivity index (χ4v) is 2.44. The van der Waals surface area contributed by atoms with Crippen LogP contribution in [0.4, 0.5) is 4.79 Å². The van der Waals surface area contributed by atoms with Crippen molar-refractivity contribution in [1.82, 2.24) is 15.6 Å². The molecule has 1 heterocycles. The van der Waals surface area contributed by atoms with Crippen molar-refractivity contribution in [1.29, 1.82) is 0 Å². The zero-order valence-corrected chi connectivity index (χ0v) is 14.4. The smallest absolute Gasteiger partial charge is 0.315 e. The highest BCUT2D eigenvalue weighted by Crippen LogP contribution is 2.26. The van der Waals surface area contributed by atoms with E-state index in [-0.39, 0.29) is 12.1 Å². The summed E-state index contributed by atoms with van der Waals surface area (Å²) in [5.41, 5.74) is 2.86. The minimum absolute atomic E-state index is 0.185. The number of amides is 2. The Morgan fingerprint density at radius 2 is 2.04 bits per heavy atom. The summed E-state index contributed by atoms with van der Waals surface area (Å²) >= 11 is 0. The number of hydrogen-bond donors (Lipinski definition) is 2. The molecule has 24 heavy (non-hydrogen) atoms. The number of benzene rings is 1. The highest BCUT2D eigenvalue weighted by molar-refractivity contribution is 5.74. The predicted molar refractivity (Wildman–Crippen MR) is 92.3 cm³/mol. The maximum absolute atomic E-state index is 12.2. The molecule has 0 unspecified atom stereocenters. The molecule has 2 aromatic rings. The van der Waals surface area contributed by atoms with Gasteiger partial charge in [-0.05, 0) is 26.0 Å². The largest absolute Gasteiger partial charge is 0.496 e. The van der Waals surface area contributed by atoms with E-state index in [2.05, 4.69) is 15.6 Å². The number of urea groups is 1. The maximum Gasteiger partial charge on any atom is 0.315 e. The Labute approximate surface area is 142 Å². The van der Waals surface area contributed by atoms with Crippen LogP contribution < -0.4 is 20.1 Å². The first-order valence-electron chi connectivity index (χ1n) is 7.72. The summed E-state index contributed by atoms with van der Waals surface area (Å²) in [5, 5.41) is 5.73. The number of hydrogen-bond acceptors (Lipinski definition) is 4. The minimum atomic E-state index is -0.267. The molecule has 0 radical (unpaired) electrons. The Hall–Kier alpha value is -2.76. The zero-order chi connectivity index (χ0) is 17.5. The van der Waals surface area contributed by atoms with Crippen molar-refractivity contribution in [2.45, 2.75) is 26.4 Å². The average molecular weight is 329 g/mol. The van der Waals surface area contributed by atoms with E-state index in [1.807, 2.05) is 38.1 Å². The van der Waals surface area contributed by atoms with Gasteiger partial charge in [-0.3, -0.25) is 0 Å². The number of nitrogens with zero attached hydrogens (tertiary/aromatic N) is 1. The number of carbonyl (C=O) groups is 1.